The van der Waals surface area contributed by atoms with E-state index in [0.29, 0.717) is 31.2 Å². The van der Waals surface area contributed by atoms with Crippen molar-refractivity contribution in [1.29, 1.82) is 0 Å². The minimum atomic E-state index is -0.162. The van der Waals surface area contributed by atoms with Gasteiger partial charge in [-0.15, -0.1) is 0 Å². The summed E-state index contributed by atoms with van der Waals surface area (Å²) in [5.41, 5.74) is 0.550. The normalized spacial score (nSPS) is 24.1. The van der Waals surface area contributed by atoms with Gasteiger partial charge in [0.05, 0.1) is 6.10 Å². The van der Waals surface area contributed by atoms with Crippen molar-refractivity contribution in [3.63, 3.8) is 0 Å². The Bertz CT molecular complexity index is 709. The molecule has 1 aromatic rings. The Labute approximate surface area is 172 Å². The van der Waals surface area contributed by atoms with E-state index in [-0.39, 0.29) is 24.5 Å². The Morgan fingerprint density at radius 1 is 1.21 bits per heavy atom. The van der Waals surface area contributed by atoms with Crippen molar-refractivity contribution in [2.75, 3.05) is 45.9 Å². The fourth-order valence-corrected chi connectivity index (χ4v) is 4.38. The Hall–Kier alpha value is -1.93. The predicted molar refractivity (Wildman–Crippen MR) is 108 cm³/mol. The SMILES string of the molecule is CCn1nccc1C(=O)NCC1CN(CC2CCN(CC3CC3)CC2)C(=O)CO1. The molecule has 0 radical (unpaired) electrons. The lowest BCUT2D eigenvalue weighted by Crippen LogP contribution is -2.52. The van der Waals surface area contributed by atoms with Crippen LogP contribution in [-0.2, 0) is 16.1 Å². The highest BCUT2D eigenvalue weighted by atomic mass is 16.5. The molecule has 3 fully saturated rings. The van der Waals surface area contributed by atoms with Crippen LogP contribution in [0.1, 0.15) is 43.1 Å². The van der Waals surface area contributed by atoms with Gasteiger partial charge in [-0.3, -0.25) is 14.3 Å². The molecule has 1 unspecified atom stereocenters. The average molecular weight is 404 g/mol. The molecule has 0 aromatic carbocycles. The van der Waals surface area contributed by atoms with Gasteiger partial charge in [-0.1, -0.05) is 0 Å². The number of ether oxygens (including phenoxy) is 1. The van der Waals surface area contributed by atoms with Crippen LogP contribution in [0.15, 0.2) is 12.3 Å². The minimum Gasteiger partial charge on any atom is -0.365 e. The summed E-state index contributed by atoms with van der Waals surface area (Å²) in [5.74, 6) is 1.43. The van der Waals surface area contributed by atoms with Gasteiger partial charge in [0.1, 0.15) is 12.3 Å². The second-order valence-electron chi connectivity index (χ2n) is 8.66. The summed E-state index contributed by atoms with van der Waals surface area (Å²) in [7, 11) is 0. The quantitative estimate of drug-likeness (QED) is 0.700. The smallest absolute Gasteiger partial charge is 0.269 e. The Morgan fingerprint density at radius 2 is 1.97 bits per heavy atom. The number of morpholine rings is 1. The molecule has 3 aliphatic rings. The van der Waals surface area contributed by atoms with Gasteiger partial charge in [-0.2, -0.15) is 5.10 Å². The molecular weight excluding hydrogens is 370 g/mol. The van der Waals surface area contributed by atoms with E-state index in [9.17, 15) is 9.59 Å². The molecule has 3 heterocycles. The van der Waals surface area contributed by atoms with Gasteiger partial charge in [0.15, 0.2) is 0 Å². The summed E-state index contributed by atoms with van der Waals surface area (Å²) < 4.78 is 7.33. The maximum Gasteiger partial charge on any atom is 0.269 e. The lowest BCUT2D eigenvalue weighted by atomic mass is 9.95. The number of hydrogen-bond donors (Lipinski definition) is 1. The number of nitrogens with zero attached hydrogens (tertiary/aromatic N) is 4. The molecule has 1 N–H and O–H groups in total. The molecular formula is C21H33N5O3. The molecule has 1 aromatic heterocycles. The second-order valence-corrected chi connectivity index (χ2v) is 8.66. The van der Waals surface area contributed by atoms with Crippen LogP contribution in [0.5, 0.6) is 0 Å². The molecule has 29 heavy (non-hydrogen) atoms. The number of rotatable bonds is 8. The van der Waals surface area contributed by atoms with Crippen molar-refractivity contribution in [1.82, 2.24) is 24.9 Å². The van der Waals surface area contributed by atoms with E-state index in [0.717, 1.165) is 25.6 Å². The number of amides is 2. The van der Waals surface area contributed by atoms with Crippen LogP contribution < -0.4 is 5.32 Å². The summed E-state index contributed by atoms with van der Waals surface area (Å²) in [4.78, 5) is 29.3. The second kappa shape index (κ2) is 9.26. The zero-order valence-corrected chi connectivity index (χ0v) is 17.4. The zero-order chi connectivity index (χ0) is 20.2. The number of aryl methyl sites for hydroxylation is 1. The number of nitrogens with one attached hydrogen (secondary N) is 1. The van der Waals surface area contributed by atoms with Crippen molar-refractivity contribution < 1.29 is 14.3 Å². The molecule has 1 aliphatic carbocycles. The standard InChI is InChI=1S/C21H33N5O3/c1-2-26-19(5-8-23-26)21(28)22-11-18-14-25(20(27)15-29-18)13-17-6-9-24(10-7-17)12-16-3-4-16/h5,8,16-18H,2-4,6-7,9-15H2,1H3,(H,22,28). The number of piperidine rings is 1. The summed E-state index contributed by atoms with van der Waals surface area (Å²) in [6, 6.07) is 1.71. The average Bonchev–Trinajstić information content (AvgIpc) is 3.41. The fourth-order valence-electron chi connectivity index (χ4n) is 4.38. The first kappa shape index (κ1) is 20.3. The molecule has 0 spiro atoms. The van der Waals surface area contributed by atoms with Crippen LogP contribution in [0.3, 0.4) is 0 Å². The van der Waals surface area contributed by atoms with Crippen molar-refractivity contribution in [3.8, 4) is 0 Å². The maximum absolute atomic E-state index is 12.4. The largest absolute Gasteiger partial charge is 0.365 e. The number of carbonyl (C=O) groups excluding carboxylic acids is 2. The van der Waals surface area contributed by atoms with E-state index >= 15 is 0 Å². The fraction of sp³-hybridized carbons (Fsp3) is 0.762. The lowest BCUT2D eigenvalue weighted by Gasteiger charge is -2.38. The molecule has 8 heteroatoms. The van der Waals surface area contributed by atoms with Crippen molar-refractivity contribution in [2.45, 2.75) is 45.3 Å². The summed E-state index contributed by atoms with van der Waals surface area (Å²) >= 11 is 0. The van der Waals surface area contributed by atoms with Gasteiger partial charge < -0.3 is 19.9 Å². The highest BCUT2D eigenvalue weighted by Crippen LogP contribution is 2.31. The van der Waals surface area contributed by atoms with Gasteiger partial charge in [-0.25, -0.2) is 0 Å². The van der Waals surface area contributed by atoms with Gasteiger partial charge >= 0.3 is 0 Å². The summed E-state index contributed by atoms with van der Waals surface area (Å²) in [5, 5.41) is 7.06. The summed E-state index contributed by atoms with van der Waals surface area (Å²) in [6.45, 7) is 8.05. The van der Waals surface area contributed by atoms with Gasteiger partial charge in [0, 0.05) is 38.9 Å². The molecule has 0 bridgehead atoms. The molecule has 2 aliphatic heterocycles. The molecule has 1 saturated carbocycles. The third-order valence-electron chi connectivity index (χ3n) is 6.36. The highest BCUT2D eigenvalue weighted by molar-refractivity contribution is 5.92. The van der Waals surface area contributed by atoms with E-state index in [1.54, 1.807) is 16.9 Å². The van der Waals surface area contributed by atoms with Crippen LogP contribution in [0, 0.1) is 11.8 Å². The zero-order valence-electron chi connectivity index (χ0n) is 17.4. The molecule has 2 amide bonds. The first-order chi connectivity index (χ1) is 14.1. The minimum absolute atomic E-state index is 0.0667. The predicted octanol–water partition coefficient (Wildman–Crippen LogP) is 0.982. The third-order valence-corrected chi connectivity index (χ3v) is 6.36. The number of hydrogen-bond acceptors (Lipinski definition) is 5. The third kappa shape index (κ3) is 5.36. The molecule has 160 valence electrons. The molecule has 4 rings (SSSR count). The van der Waals surface area contributed by atoms with E-state index in [2.05, 4.69) is 15.3 Å². The molecule has 2 saturated heterocycles. The van der Waals surface area contributed by atoms with E-state index in [1.807, 2.05) is 11.8 Å². The van der Waals surface area contributed by atoms with Crippen LogP contribution in [0.2, 0.25) is 0 Å². The van der Waals surface area contributed by atoms with Crippen LogP contribution >= 0.6 is 0 Å². The highest BCUT2D eigenvalue weighted by Gasteiger charge is 2.31. The monoisotopic (exact) mass is 403 g/mol. The Kier molecular flexibility index (Phi) is 6.50. The lowest BCUT2D eigenvalue weighted by molar-refractivity contribution is -0.149. The van der Waals surface area contributed by atoms with Gasteiger partial charge in [-0.05, 0) is 63.6 Å². The number of carbonyl (C=O) groups is 2. The number of aromatic nitrogens is 2. The van der Waals surface area contributed by atoms with Crippen molar-refractivity contribution >= 4 is 11.8 Å². The van der Waals surface area contributed by atoms with Gasteiger partial charge in [0.2, 0.25) is 5.91 Å². The molecule has 1 atom stereocenters. The van der Waals surface area contributed by atoms with Crippen molar-refractivity contribution in [3.05, 3.63) is 18.0 Å². The van der Waals surface area contributed by atoms with Gasteiger partial charge in [0.25, 0.3) is 5.91 Å². The van der Waals surface area contributed by atoms with E-state index < -0.39 is 0 Å². The van der Waals surface area contributed by atoms with E-state index in [1.165, 1.54) is 32.2 Å². The topological polar surface area (TPSA) is 79.7 Å². The van der Waals surface area contributed by atoms with Crippen LogP contribution in [-0.4, -0.2) is 83.4 Å². The number of likely N-dealkylation sites (tertiary alicyclic amines) is 1. The Morgan fingerprint density at radius 3 is 2.69 bits per heavy atom. The van der Waals surface area contributed by atoms with Crippen LogP contribution in [0.25, 0.3) is 0 Å². The Balaban J connectivity index is 1.22. The van der Waals surface area contributed by atoms with Crippen molar-refractivity contribution in [2.24, 2.45) is 11.8 Å². The van der Waals surface area contributed by atoms with E-state index in [4.69, 9.17) is 4.74 Å². The van der Waals surface area contributed by atoms with Crippen LogP contribution in [0.4, 0.5) is 0 Å². The molecule has 8 nitrogen and oxygen atoms in total. The summed E-state index contributed by atoms with van der Waals surface area (Å²) in [6.07, 6.45) is 6.61. The first-order valence-corrected chi connectivity index (χ1v) is 11.0. The maximum atomic E-state index is 12.4. The first-order valence-electron chi connectivity index (χ1n) is 11.0.